The highest BCUT2D eigenvalue weighted by molar-refractivity contribution is 7.89. The highest BCUT2D eigenvalue weighted by Gasteiger charge is 2.51. The first-order chi connectivity index (χ1) is 14.6. The first kappa shape index (κ1) is 23.0. The normalized spacial score (nSPS) is 18.7. The Morgan fingerprint density at radius 3 is 2.32 bits per heavy atom. The lowest BCUT2D eigenvalue weighted by Crippen LogP contribution is -2.49. The Labute approximate surface area is 181 Å². The molecule has 2 aliphatic rings. The van der Waals surface area contributed by atoms with Gasteiger partial charge in [0.15, 0.2) is 0 Å². The fraction of sp³-hybridized carbons (Fsp3) is 0.476. The Balaban J connectivity index is 1.77. The number of anilines is 1. The lowest BCUT2D eigenvalue weighted by atomic mass is 9.83. The van der Waals surface area contributed by atoms with Crippen LogP contribution in [0.25, 0.3) is 0 Å². The Morgan fingerprint density at radius 2 is 1.77 bits per heavy atom. The molecule has 1 aromatic carbocycles. The zero-order valence-corrected chi connectivity index (χ0v) is 18.6. The first-order valence-corrected chi connectivity index (χ1v) is 11.8. The Bertz CT molecular complexity index is 1020. The summed E-state index contributed by atoms with van der Waals surface area (Å²) in [4.78, 5) is 37.1. The van der Waals surface area contributed by atoms with Crippen LogP contribution in [-0.4, -0.2) is 61.6 Å². The van der Waals surface area contributed by atoms with Gasteiger partial charge < -0.3 is 14.8 Å². The summed E-state index contributed by atoms with van der Waals surface area (Å²) in [6, 6.07) is 6.21. The summed E-state index contributed by atoms with van der Waals surface area (Å²) < 4.78 is 36.2. The lowest BCUT2D eigenvalue weighted by molar-refractivity contribution is -0.149. The van der Waals surface area contributed by atoms with Crippen LogP contribution in [0.4, 0.5) is 5.69 Å². The smallest absolute Gasteiger partial charge is 0.338 e. The zero-order chi connectivity index (χ0) is 22.8. The molecule has 1 fully saturated rings. The molecule has 0 aliphatic carbocycles. The number of hydrogen-bond donors (Lipinski definition) is 1. The minimum Gasteiger partial charge on any atom is -0.462 e. The van der Waals surface area contributed by atoms with E-state index in [1.807, 2.05) is 0 Å². The minimum absolute atomic E-state index is 0.0101. The van der Waals surface area contributed by atoms with Crippen LogP contribution in [0.5, 0.6) is 0 Å². The van der Waals surface area contributed by atoms with Crippen LogP contribution in [0, 0.1) is 0 Å². The maximum absolute atomic E-state index is 13.1. The quantitative estimate of drug-likeness (QED) is 0.657. The van der Waals surface area contributed by atoms with Crippen molar-refractivity contribution in [3.63, 3.8) is 0 Å². The van der Waals surface area contributed by atoms with Crippen LogP contribution in [0.3, 0.4) is 0 Å². The predicted octanol–water partition coefficient (Wildman–Crippen LogP) is 1.86. The fourth-order valence-electron chi connectivity index (χ4n) is 3.88. The Hall–Kier alpha value is -2.72. The van der Waals surface area contributed by atoms with Gasteiger partial charge in [-0.05, 0) is 45.0 Å². The molecule has 2 aliphatic heterocycles. The third kappa shape index (κ3) is 4.49. The van der Waals surface area contributed by atoms with Gasteiger partial charge in [-0.2, -0.15) is 0 Å². The second-order valence-electron chi connectivity index (χ2n) is 7.44. The predicted molar refractivity (Wildman–Crippen MR) is 113 cm³/mol. The van der Waals surface area contributed by atoms with E-state index in [0.717, 1.165) is 0 Å². The molecule has 0 unspecified atom stereocenters. The largest absolute Gasteiger partial charge is 0.462 e. The molecule has 3 rings (SSSR count). The van der Waals surface area contributed by atoms with Crippen LogP contribution in [0.1, 0.15) is 44.0 Å². The van der Waals surface area contributed by atoms with E-state index in [1.54, 1.807) is 26.0 Å². The van der Waals surface area contributed by atoms with Gasteiger partial charge in [0.05, 0.1) is 23.5 Å². The van der Waals surface area contributed by atoms with E-state index in [9.17, 15) is 22.8 Å². The van der Waals surface area contributed by atoms with Gasteiger partial charge in [-0.25, -0.2) is 22.3 Å². The Kier molecular flexibility index (Phi) is 6.51. The number of sulfonamides is 1. The number of hydrogen-bond acceptors (Lipinski definition) is 7. The molecule has 1 aromatic rings. The second kappa shape index (κ2) is 8.80. The zero-order valence-electron chi connectivity index (χ0n) is 17.8. The van der Waals surface area contributed by atoms with Crippen molar-refractivity contribution < 1.29 is 32.3 Å². The summed E-state index contributed by atoms with van der Waals surface area (Å²) in [5.74, 6) is -1.53. The molecule has 0 radical (unpaired) electrons. The number of nitrogens with one attached hydrogen (secondary N) is 1. The number of ether oxygens (including phenoxy) is 2. The average Bonchev–Trinajstić information content (AvgIpc) is 2.98. The van der Waals surface area contributed by atoms with Gasteiger partial charge in [0, 0.05) is 37.2 Å². The van der Waals surface area contributed by atoms with E-state index in [0.29, 0.717) is 11.3 Å². The van der Waals surface area contributed by atoms with Gasteiger partial charge in [-0.3, -0.25) is 4.79 Å². The van der Waals surface area contributed by atoms with Gasteiger partial charge in [0.1, 0.15) is 5.60 Å². The molecule has 2 heterocycles. The minimum atomic E-state index is -3.36. The van der Waals surface area contributed by atoms with Crippen molar-refractivity contribution in [3.8, 4) is 0 Å². The molecule has 0 atom stereocenters. The Morgan fingerprint density at radius 1 is 1.16 bits per heavy atom. The van der Waals surface area contributed by atoms with Crippen molar-refractivity contribution in [2.24, 2.45) is 0 Å². The van der Waals surface area contributed by atoms with Gasteiger partial charge in [-0.15, -0.1) is 0 Å². The van der Waals surface area contributed by atoms with E-state index in [4.69, 9.17) is 9.47 Å². The molecule has 1 saturated heterocycles. The topological polar surface area (TPSA) is 119 Å². The highest BCUT2D eigenvalue weighted by Crippen LogP contribution is 2.42. The van der Waals surface area contributed by atoms with E-state index in [1.165, 1.54) is 23.4 Å². The van der Waals surface area contributed by atoms with Crippen molar-refractivity contribution in [1.82, 2.24) is 4.31 Å². The van der Waals surface area contributed by atoms with Crippen LogP contribution in [0.15, 0.2) is 35.4 Å². The molecule has 31 heavy (non-hydrogen) atoms. The van der Waals surface area contributed by atoms with E-state index < -0.39 is 33.5 Å². The van der Waals surface area contributed by atoms with Crippen LogP contribution in [0.2, 0.25) is 0 Å². The van der Waals surface area contributed by atoms with Crippen LogP contribution in [-0.2, 0) is 29.1 Å². The highest BCUT2D eigenvalue weighted by atomic mass is 32.2. The molecule has 10 heteroatoms. The maximum atomic E-state index is 13.1. The molecule has 0 saturated carbocycles. The molecule has 1 spiro atoms. The standard InChI is InChI=1S/C21H26N2O7S/c1-4-29-20(26)15-6-8-16(9-7-15)22-18(24)17-14(3)19(25)30-21(17)10-12-23(13-11-21)31(27,28)5-2/h6-9H,4-5,10-13H2,1-3H3,(H,22,24). The second-order valence-corrected chi connectivity index (χ2v) is 9.69. The van der Waals surface area contributed by atoms with E-state index >= 15 is 0 Å². The summed E-state index contributed by atoms with van der Waals surface area (Å²) in [5, 5.41) is 2.74. The lowest BCUT2D eigenvalue weighted by Gasteiger charge is -2.38. The van der Waals surface area contributed by atoms with E-state index in [2.05, 4.69) is 5.32 Å². The number of carbonyl (C=O) groups is 3. The molecule has 0 aromatic heterocycles. The average molecular weight is 451 g/mol. The molecule has 1 N–H and O–H groups in total. The first-order valence-electron chi connectivity index (χ1n) is 10.1. The van der Waals surface area contributed by atoms with Crippen molar-refractivity contribution >= 4 is 33.6 Å². The number of benzene rings is 1. The van der Waals surface area contributed by atoms with Crippen molar-refractivity contribution in [2.45, 2.75) is 39.2 Å². The monoisotopic (exact) mass is 450 g/mol. The number of esters is 2. The summed E-state index contributed by atoms with van der Waals surface area (Å²) in [7, 11) is -3.36. The molecular weight excluding hydrogens is 424 g/mol. The number of nitrogens with zero attached hydrogens (tertiary/aromatic N) is 1. The van der Waals surface area contributed by atoms with Crippen molar-refractivity contribution in [3.05, 3.63) is 41.0 Å². The SMILES string of the molecule is CCOC(=O)c1ccc(NC(=O)C2=C(C)C(=O)OC23CCN(S(=O)(=O)CC)CC3)cc1. The van der Waals surface area contributed by atoms with Crippen LogP contribution < -0.4 is 5.32 Å². The molecular formula is C21H26N2O7S. The summed E-state index contributed by atoms with van der Waals surface area (Å²) in [6.45, 7) is 5.42. The number of rotatable bonds is 6. The van der Waals surface area contributed by atoms with Crippen LogP contribution >= 0.6 is 0 Å². The van der Waals surface area contributed by atoms with Gasteiger partial charge >= 0.3 is 11.9 Å². The fourth-order valence-corrected chi connectivity index (χ4v) is 4.99. The van der Waals surface area contributed by atoms with Gasteiger partial charge in [0.2, 0.25) is 10.0 Å². The third-order valence-corrected chi connectivity index (χ3v) is 7.48. The summed E-state index contributed by atoms with van der Waals surface area (Å²) in [5.41, 5.74) is 0.0954. The molecule has 9 nitrogen and oxygen atoms in total. The van der Waals surface area contributed by atoms with Gasteiger partial charge in [-0.1, -0.05) is 0 Å². The molecule has 0 bridgehead atoms. The van der Waals surface area contributed by atoms with Crippen molar-refractivity contribution in [2.75, 3.05) is 30.8 Å². The van der Waals surface area contributed by atoms with E-state index in [-0.39, 0.29) is 49.4 Å². The molecule has 168 valence electrons. The summed E-state index contributed by atoms with van der Waals surface area (Å²) in [6.07, 6.45) is 0.416. The van der Waals surface area contributed by atoms with Gasteiger partial charge in [0.25, 0.3) is 5.91 Å². The number of piperidine rings is 1. The third-order valence-electron chi connectivity index (χ3n) is 5.59. The number of carbonyl (C=O) groups excluding carboxylic acids is 3. The number of amides is 1. The molecule has 1 amide bonds. The summed E-state index contributed by atoms with van der Waals surface area (Å²) >= 11 is 0. The maximum Gasteiger partial charge on any atom is 0.338 e. The van der Waals surface area contributed by atoms with Crippen molar-refractivity contribution in [1.29, 1.82) is 0 Å².